The number of carbonyl (C=O) groups is 1. The standard InChI is InChI=1S/C24H24N6O2/c1-5-19-21(17-7-6-10-25-13-17)23(28-20-9-8-14(2)11-18(20)24(31)32)30(29-19)22-16(4)26-12-15(3)27-22/h6-13,28H,5H2,1-4H3,(H,31,32). The van der Waals surface area contributed by atoms with Crippen LogP contribution in [0.4, 0.5) is 11.5 Å². The number of aryl methyl sites for hydroxylation is 4. The fraction of sp³-hybridized carbons (Fsp3) is 0.208. The average Bonchev–Trinajstić information content (AvgIpc) is 3.15. The molecule has 0 saturated heterocycles. The predicted molar refractivity (Wildman–Crippen MR) is 123 cm³/mol. The Bertz CT molecular complexity index is 1300. The van der Waals surface area contributed by atoms with Crippen LogP contribution in [0.5, 0.6) is 0 Å². The highest BCUT2D eigenvalue weighted by atomic mass is 16.4. The number of anilines is 2. The summed E-state index contributed by atoms with van der Waals surface area (Å²) in [6.45, 7) is 7.64. The molecule has 0 fully saturated rings. The fourth-order valence-electron chi connectivity index (χ4n) is 3.59. The van der Waals surface area contributed by atoms with E-state index in [1.807, 2.05) is 45.9 Å². The Balaban J connectivity index is 2.00. The first-order chi connectivity index (χ1) is 15.4. The van der Waals surface area contributed by atoms with Crippen molar-refractivity contribution in [2.24, 2.45) is 0 Å². The molecular formula is C24H24N6O2. The van der Waals surface area contributed by atoms with Crippen LogP contribution < -0.4 is 5.32 Å². The van der Waals surface area contributed by atoms with Gasteiger partial charge in [0.15, 0.2) is 5.82 Å². The molecule has 0 aliphatic rings. The van der Waals surface area contributed by atoms with Gasteiger partial charge in [0.2, 0.25) is 0 Å². The van der Waals surface area contributed by atoms with Gasteiger partial charge in [-0.2, -0.15) is 9.78 Å². The van der Waals surface area contributed by atoms with E-state index in [0.29, 0.717) is 29.4 Å². The van der Waals surface area contributed by atoms with Crippen molar-refractivity contribution in [1.29, 1.82) is 0 Å². The highest BCUT2D eigenvalue weighted by Gasteiger charge is 2.23. The first-order valence-electron chi connectivity index (χ1n) is 10.3. The summed E-state index contributed by atoms with van der Waals surface area (Å²) in [6.07, 6.45) is 5.86. The molecule has 8 nitrogen and oxygen atoms in total. The van der Waals surface area contributed by atoms with Gasteiger partial charge in [-0.3, -0.25) is 9.97 Å². The number of hydrogen-bond acceptors (Lipinski definition) is 6. The molecule has 4 aromatic rings. The van der Waals surface area contributed by atoms with Gasteiger partial charge in [-0.1, -0.05) is 24.6 Å². The Morgan fingerprint density at radius 3 is 2.66 bits per heavy atom. The van der Waals surface area contributed by atoms with Crippen molar-refractivity contribution in [2.45, 2.75) is 34.1 Å². The third-order valence-electron chi connectivity index (χ3n) is 5.15. The maximum atomic E-state index is 11.9. The molecule has 0 amide bonds. The molecule has 4 rings (SSSR count). The number of nitrogens with zero attached hydrogens (tertiary/aromatic N) is 5. The fourth-order valence-corrected chi connectivity index (χ4v) is 3.59. The lowest BCUT2D eigenvalue weighted by Crippen LogP contribution is -2.10. The van der Waals surface area contributed by atoms with E-state index in [9.17, 15) is 9.90 Å². The van der Waals surface area contributed by atoms with Crippen molar-refractivity contribution < 1.29 is 9.90 Å². The van der Waals surface area contributed by atoms with E-state index in [0.717, 1.165) is 28.1 Å². The minimum atomic E-state index is -1.01. The first kappa shape index (κ1) is 21.2. The van der Waals surface area contributed by atoms with Crippen molar-refractivity contribution in [3.8, 4) is 16.9 Å². The van der Waals surface area contributed by atoms with Gasteiger partial charge in [-0.15, -0.1) is 0 Å². The number of hydrogen-bond donors (Lipinski definition) is 2. The van der Waals surface area contributed by atoms with Gasteiger partial charge in [0, 0.05) is 29.7 Å². The average molecular weight is 428 g/mol. The lowest BCUT2D eigenvalue weighted by Gasteiger charge is -2.15. The monoisotopic (exact) mass is 428 g/mol. The Kier molecular flexibility index (Phi) is 5.68. The van der Waals surface area contributed by atoms with Gasteiger partial charge in [0.1, 0.15) is 5.82 Å². The van der Waals surface area contributed by atoms with E-state index >= 15 is 0 Å². The molecule has 0 radical (unpaired) electrons. The second-order valence-corrected chi connectivity index (χ2v) is 7.58. The number of rotatable bonds is 6. The molecule has 0 aliphatic heterocycles. The number of aromatic carboxylic acids is 1. The van der Waals surface area contributed by atoms with Crippen LogP contribution in [-0.2, 0) is 6.42 Å². The number of carboxylic acids is 1. The van der Waals surface area contributed by atoms with Gasteiger partial charge in [0.25, 0.3) is 0 Å². The zero-order valence-electron chi connectivity index (χ0n) is 18.4. The van der Waals surface area contributed by atoms with Crippen LogP contribution in [0.2, 0.25) is 0 Å². The molecule has 0 bridgehead atoms. The van der Waals surface area contributed by atoms with Crippen molar-refractivity contribution in [3.05, 3.63) is 77.1 Å². The second kappa shape index (κ2) is 8.58. The molecule has 3 heterocycles. The van der Waals surface area contributed by atoms with Gasteiger partial charge < -0.3 is 10.4 Å². The summed E-state index contributed by atoms with van der Waals surface area (Å²) in [4.78, 5) is 25.3. The van der Waals surface area contributed by atoms with Crippen LogP contribution in [0.3, 0.4) is 0 Å². The summed E-state index contributed by atoms with van der Waals surface area (Å²) in [5.41, 5.74) is 5.55. The number of nitrogens with one attached hydrogen (secondary N) is 1. The summed E-state index contributed by atoms with van der Waals surface area (Å²) in [5, 5.41) is 18.0. The van der Waals surface area contributed by atoms with Gasteiger partial charge in [0.05, 0.1) is 28.3 Å². The summed E-state index contributed by atoms with van der Waals surface area (Å²) in [5.74, 6) is 0.193. The van der Waals surface area contributed by atoms with Crippen LogP contribution in [0, 0.1) is 20.8 Å². The van der Waals surface area contributed by atoms with Crippen LogP contribution >= 0.6 is 0 Å². The Labute approximate surface area is 186 Å². The molecule has 2 N–H and O–H groups in total. The highest BCUT2D eigenvalue weighted by molar-refractivity contribution is 5.96. The quantitative estimate of drug-likeness (QED) is 0.460. The first-order valence-corrected chi connectivity index (χ1v) is 10.3. The summed E-state index contributed by atoms with van der Waals surface area (Å²) < 4.78 is 1.71. The Morgan fingerprint density at radius 1 is 1.16 bits per heavy atom. The lowest BCUT2D eigenvalue weighted by molar-refractivity contribution is 0.0698. The number of aromatic nitrogens is 5. The third-order valence-corrected chi connectivity index (χ3v) is 5.15. The SMILES string of the molecule is CCc1nn(-c2nc(C)cnc2C)c(Nc2ccc(C)cc2C(=O)O)c1-c1cccnc1. The van der Waals surface area contributed by atoms with E-state index in [4.69, 9.17) is 5.10 Å². The van der Waals surface area contributed by atoms with Crippen molar-refractivity contribution in [1.82, 2.24) is 24.7 Å². The van der Waals surface area contributed by atoms with E-state index < -0.39 is 5.97 Å². The number of pyridine rings is 1. The molecule has 0 atom stereocenters. The van der Waals surface area contributed by atoms with E-state index in [-0.39, 0.29) is 5.56 Å². The minimum absolute atomic E-state index is 0.181. The number of benzene rings is 1. The largest absolute Gasteiger partial charge is 0.478 e. The Hall–Kier alpha value is -4.07. The van der Waals surface area contributed by atoms with Crippen molar-refractivity contribution >= 4 is 17.5 Å². The van der Waals surface area contributed by atoms with E-state index in [1.54, 1.807) is 35.4 Å². The molecule has 3 aromatic heterocycles. The van der Waals surface area contributed by atoms with Crippen molar-refractivity contribution in [3.63, 3.8) is 0 Å². The van der Waals surface area contributed by atoms with Crippen LogP contribution in [-0.4, -0.2) is 35.8 Å². The topological polar surface area (TPSA) is 106 Å². The van der Waals surface area contributed by atoms with E-state index in [1.165, 1.54) is 0 Å². The molecule has 8 heteroatoms. The number of carboxylic acid groups (broad SMARTS) is 1. The molecule has 0 spiro atoms. The molecule has 0 unspecified atom stereocenters. The predicted octanol–water partition coefficient (Wildman–Crippen LogP) is 4.65. The highest BCUT2D eigenvalue weighted by Crippen LogP contribution is 2.36. The zero-order chi connectivity index (χ0) is 22.8. The second-order valence-electron chi connectivity index (χ2n) is 7.58. The van der Waals surface area contributed by atoms with Crippen LogP contribution in [0.25, 0.3) is 16.9 Å². The lowest BCUT2D eigenvalue weighted by atomic mass is 10.0. The molecule has 162 valence electrons. The van der Waals surface area contributed by atoms with Gasteiger partial charge in [-0.25, -0.2) is 9.78 Å². The molecule has 1 aromatic carbocycles. The van der Waals surface area contributed by atoms with Gasteiger partial charge in [-0.05, 0) is 45.4 Å². The normalized spacial score (nSPS) is 10.9. The molecule has 0 aliphatic carbocycles. The maximum Gasteiger partial charge on any atom is 0.337 e. The zero-order valence-corrected chi connectivity index (χ0v) is 18.4. The Morgan fingerprint density at radius 2 is 1.97 bits per heavy atom. The van der Waals surface area contributed by atoms with E-state index in [2.05, 4.69) is 20.3 Å². The molecule has 0 saturated carbocycles. The van der Waals surface area contributed by atoms with Crippen LogP contribution in [0.1, 0.15) is 39.9 Å². The summed E-state index contributed by atoms with van der Waals surface area (Å²) in [6, 6.07) is 9.11. The minimum Gasteiger partial charge on any atom is -0.478 e. The molecular weight excluding hydrogens is 404 g/mol. The van der Waals surface area contributed by atoms with Gasteiger partial charge >= 0.3 is 5.97 Å². The molecule has 32 heavy (non-hydrogen) atoms. The summed E-state index contributed by atoms with van der Waals surface area (Å²) in [7, 11) is 0. The summed E-state index contributed by atoms with van der Waals surface area (Å²) >= 11 is 0. The maximum absolute atomic E-state index is 11.9. The third kappa shape index (κ3) is 3.94. The van der Waals surface area contributed by atoms with Crippen LogP contribution in [0.15, 0.2) is 48.9 Å². The smallest absolute Gasteiger partial charge is 0.337 e. The van der Waals surface area contributed by atoms with Crippen molar-refractivity contribution in [2.75, 3.05) is 5.32 Å².